The Morgan fingerprint density at radius 1 is 1.12 bits per heavy atom. The van der Waals surface area contributed by atoms with Gasteiger partial charge >= 0.3 is 0 Å². The van der Waals surface area contributed by atoms with Crippen molar-refractivity contribution in [3.05, 3.63) is 53.3 Å². The molecule has 0 saturated heterocycles. The molecule has 24 heavy (non-hydrogen) atoms. The summed E-state index contributed by atoms with van der Waals surface area (Å²) in [4.78, 5) is 26.0. The summed E-state index contributed by atoms with van der Waals surface area (Å²) >= 11 is 0. The number of Topliss-reactive ketones (excluding diaryl/α,β-unsaturated/α-hetero) is 1. The van der Waals surface area contributed by atoms with Gasteiger partial charge in [0.1, 0.15) is 0 Å². The number of rotatable bonds is 8. The number of aryl methyl sites for hydroxylation is 2. The van der Waals surface area contributed by atoms with Crippen LogP contribution < -0.4 is 0 Å². The number of ketones is 1. The van der Waals surface area contributed by atoms with E-state index in [2.05, 4.69) is 12.0 Å². The van der Waals surface area contributed by atoms with Crippen molar-refractivity contribution in [1.29, 1.82) is 0 Å². The molecule has 0 aliphatic rings. The highest BCUT2D eigenvalue weighted by Crippen LogP contribution is 2.11. The quantitative estimate of drug-likeness (QED) is 0.700. The summed E-state index contributed by atoms with van der Waals surface area (Å²) in [6.45, 7) is 2.64. The fourth-order valence-electron chi connectivity index (χ4n) is 2.62. The van der Waals surface area contributed by atoms with Gasteiger partial charge in [-0.25, -0.2) is 0 Å². The smallest absolute Gasteiger partial charge is 0.223 e. The van der Waals surface area contributed by atoms with E-state index in [0.717, 1.165) is 18.4 Å². The van der Waals surface area contributed by atoms with Gasteiger partial charge in [0.15, 0.2) is 5.78 Å². The SMILES string of the molecule is CCCc1ccc(C(=O)CCC(=O)N(C)Cc2cnn(C)c2)cc1. The normalized spacial score (nSPS) is 10.6. The van der Waals surface area contributed by atoms with Gasteiger partial charge in [-0.1, -0.05) is 37.6 Å². The van der Waals surface area contributed by atoms with Crippen molar-refractivity contribution in [2.75, 3.05) is 7.05 Å². The lowest BCUT2D eigenvalue weighted by Gasteiger charge is -2.15. The Kier molecular flexibility index (Phi) is 6.29. The zero-order chi connectivity index (χ0) is 17.5. The first-order valence-corrected chi connectivity index (χ1v) is 8.33. The Labute approximate surface area is 143 Å². The van der Waals surface area contributed by atoms with Gasteiger partial charge in [0.05, 0.1) is 6.20 Å². The molecule has 1 aromatic heterocycles. The monoisotopic (exact) mass is 327 g/mol. The van der Waals surface area contributed by atoms with Crippen LogP contribution in [0.5, 0.6) is 0 Å². The van der Waals surface area contributed by atoms with Crippen LogP contribution in [-0.2, 0) is 24.8 Å². The summed E-state index contributed by atoms with van der Waals surface area (Å²) in [5.74, 6) is -0.0176. The zero-order valence-electron chi connectivity index (χ0n) is 14.7. The van der Waals surface area contributed by atoms with Gasteiger partial charge in [0, 0.05) is 50.8 Å². The number of benzene rings is 1. The molecule has 1 heterocycles. The molecule has 2 rings (SSSR count). The third kappa shape index (κ3) is 5.05. The third-order valence-electron chi connectivity index (χ3n) is 3.98. The Morgan fingerprint density at radius 3 is 2.42 bits per heavy atom. The van der Waals surface area contributed by atoms with E-state index < -0.39 is 0 Å². The average molecular weight is 327 g/mol. The minimum absolute atomic E-state index is 0.0150. The van der Waals surface area contributed by atoms with Crippen LogP contribution in [0.3, 0.4) is 0 Å². The van der Waals surface area contributed by atoms with Crippen molar-refractivity contribution in [1.82, 2.24) is 14.7 Å². The number of carbonyl (C=O) groups is 2. The molecule has 5 nitrogen and oxygen atoms in total. The highest BCUT2D eigenvalue weighted by atomic mass is 16.2. The van der Waals surface area contributed by atoms with E-state index in [4.69, 9.17) is 0 Å². The summed E-state index contributed by atoms with van der Waals surface area (Å²) < 4.78 is 1.71. The van der Waals surface area contributed by atoms with E-state index >= 15 is 0 Å². The number of aromatic nitrogens is 2. The first-order chi connectivity index (χ1) is 11.5. The van der Waals surface area contributed by atoms with Gasteiger partial charge in [-0.2, -0.15) is 5.10 Å². The molecule has 0 bridgehead atoms. The fourth-order valence-corrected chi connectivity index (χ4v) is 2.62. The van der Waals surface area contributed by atoms with E-state index in [0.29, 0.717) is 12.1 Å². The second kappa shape index (κ2) is 8.43. The Morgan fingerprint density at radius 2 is 1.83 bits per heavy atom. The number of nitrogens with zero attached hydrogens (tertiary/aromatic N) is 3. The molecule has 5 heteroatoms. The highest BCUT2D eigenvalue weighted by molar-refractivity contribution is 5.97. The molecule has 0 saturated carbocycles. The molecule has 0 N–H and O–H groups in total. The minimum atomic E-state index is -0.0326. The molecule has 0 fully saturated rings. The molecule has 0 radical (unpaired) electrons. The molecular weight excluding hydrogens is 302 g/mol. The lowest BCUT2D eigenvalue weighted by molar-refractivity contribution is -0.130. The van der Waals surface area contributed by atoms with Crippen molar-refractivity contribution < 1.29 is 9.59 Å². The van der Waals surface area contributed by atoms with E-state index in [1.807, 2.05) is 37.5 Å². The Bertz CT molecular complexity index is 689. The van der Waals surface area contributed by atoms with Crippen molar-refractivity contribution in [2.45, 2.75) is 39.2 Å². The molecule has 0 unspecified atom stereocenters. The van der Waals surface area contributed by atoms with E-state index in [9.17, 15) is 9.59 Å². The number of hydrogen-bond donors (Lipinski definition) is 0. The van der Waals surface area contributed by atoms with Crippen molar-refractivity contribution in [2.24, 2.45) is 7.05 Å². The van der Waals surface area contributed by atoms with Crippen LogP contribution in [0.25, 0.3) is 0 Å². The van der Waals surface area contributed by atoms with Crippen LogP contribution in [0.15, 0.2) is 36.7 Å². The minimum Gasteiger partial charge on any atom is -0.341 e. The Hall–Kier alpha value is -2.43. The average Bonchev–Trinajstić information content (AvgIpc) is 2.98. The second-order valence-corrected chi connectivity index (χ2v) is 6.14. The molecule has 2 aromatic rings. The zero-order valence-corrected chi connectivity index (χ0v) is 14.7. The number of amides is 1. The number of carbonyl (C=O) groups excluding carboxylic acids is 2. The molecule has 1 amide bonds. The molecule has 0 aliphatic heterocycles. The first-order valence-electron chi connectivity index (χ1n) is 8.33. The van der Waals surface area contributed by atoms with Gasteiger partial charge in [-0.15, -0.1) is 0 Å². The summed E-state index contributed by atoms with van der Waals surface area (Å²) in [6.07, 6.45) is 6.20. The van der Waals surface area contributed by atoms with Crippen LogP contribution in [0, 0.1) is 0 Å². The predicted octanol–water partition coefficient (Wildman–Crippen LogP) is 2.99. The van der Waals surface area contributed by atoms with Crippen molar-refractivity contribution in [3.63, 3.8) is 0 Å². The lowest BCUT2D eigenvalue weighted by Crippen LogP contribution is -2.26. The summed E-state index contributed by atoms with van der Waals surface area (Å²) in [6, 6.07) is 7.70. The topological polar surface area (TPSA) is 55.2 Å². The second-order valence-electron chi connectivity index (χ2n) is 6.14. The molecule has 0 aliphatic carbocycles. The van der Waals surface area contributed by atoms with Crippen LogP contribution in [-0.4, -0.2) is 33.4 Å². The van der Waals surface area contributed by atoms with E-state index in [-0.39, 0.29) is 24.5 Å². The van der Waals surface area contributed by atoms with Crippen molar-refractivity contribution in [3.8, 4) is 0 Å². The Balaban J connectivity index is 1.82. The first kappa shape index (κ1) is 17.9. The van der Waals surface area contributed by atoms with Crippen LogP contribution in [0.1, 0.15) is 47.7 Å². The van der Waals surface area contributed by atoms with Crippen LogP contribution >= 0.6 is 0 Å². The van der Waals surface area contributed by atoms with Gasteiger partial charge in [-0.05, 0) is 12.0 Å². The third-order valence-corrected chi connectivity index (χ3v) is 3.98. The van der Waals surface area contributed by atoms with Gasteiger partial charge in [0.25, 0.3) is 0 Å². The molecule has 0 atom stereocenters. The summed E-state index contributed by atoms with van der Waals surface area (Å²) in [7, 11) is 3.59. The standard InChI is InChI=1S/C19H25N3O2/c1-4-5-15-6-8-17(9-7-15)18(23)10-11-19(24)21(2)13-16-12-20-22(3)14-16/h6-9,12,14H,4-5,10-11,13H2,1-3H3. The van der Waals surface area contributed by atoms with Gasteiger partial charge < -0.3 is 4.90 Å². The predicted molar refractivity (Wildman–Crippen MR) is 93.7 cm³/mol. The fraction of sp³-hybridized carbons (Fsp3) is 0.421. The maximum Gasteiger partial charge on any atom is 0.223 e. The summed E-state index contributed by atoms with van der Waals surface area (Å²) in [5, 5.41) is 4.09. The maximum absolute atomic E-state index is 12.2. The molecular formula is C19H25N3O2. The van der Waals surface area contributed by atoms with Crippen molar-refractivity contribution >= 4 is 11.7 Å². The number of hydrogen-bond acceptors (Lipinski definition) is 3. The lowest BCUT2D eigenvalue weighted by atomic mass is 10.0. The van der Waals surface area contributed by atoms with Gasteiger partial charge in [-0.3, -0.25) is 14.3 Å². The van der Waals surface area contributed by atoms with Gasteiger partial charge in [0.2, 0.25) is 5.91 Å². The molecule has 128 valence electrons. The van der Waals surface area contributed by atoms with E-state index in [1.165, 1.54) is 5.56 Å². The summed E-state index contributed by atoms with van der Waals surface area (Å²) in [5.41, 5.74) is 2.89. The van der Waals surface area contributed by atoms with Crippen LogP contribution in [0.2, 0.25) is 0 Å². The molecule has 1 aromatic carbocycles. The van der Waals surface area contributed by atoms with Crippen LogP contribution in [0.4, 0.5) is 0 Å². The largest absolute Gasteiger partial charge is 0.341 e. The molecule has 0 spiro atoms. The highest BCUT2D eigenvalue weighted by Gasteiger charge is 2.13. The maximum atomic E-state index is 12.2. The van der Waals surface area contributed by atoms with E-state index in [1.54, 1.807) is 22.8 Å².